The van der Waals surface area contributed by atoms with Crippen LogP contribution in [-0.2, 0) is 19.0 Å². The van der Waals surface area contributed by atoms with Crippen molar-refractivity contribution in [1.29, 1.82) is 0 Å². The molecular weight excluding hydrogens is 184 g/mol. The van der Waals surface area contributed by atoms with Gasteiger partial charge in [-0.1, -0.05) is 13.3 Å². The lowest BCUT2D eigenvalue weighted by Gasteiger charge is -2.04. The second-order valence-electron chi connectivity index (χ2n) is 2.82. The molecule has 0 aromatic carbocycles. The standard InChI is InChI=1S/C10H20O4/c1-2-3-5-12-7-9-14-10-8-13-6-4-11/h4H,2-3,5-10H2,1H3. The average Bonchev–Trinajstić information content (AvgIpc) is 2.21. The van der Waals surface area contributed by atoms with Gasteiger partial charge in [0.15, 0.2) is 0 Å². The van der Waals surface area contributed by atoms with E-state index in [1.165, 1.54) is 0 Å². The maximum Gasteiger partial charge on any atom is 0.145 e. The molecule has 0 atom stereocenters. The zero-order valence-corrected chi connectivity index (χ0v) is 8.87. The van der Waals surface area contributed by atoms with E-state index in [4.69, 9.17) is 14.2 Å². The van der Waals surface area contributed by atoms with Gasteiger partial charge >= 0.3 is 0 Å². The topological polar surface area (TPSA) is 44.8 Å². The Morgan fingerprint density at radius 3 is 2.07 bits per heavy atom. The molecule has 0 fully saturated rings. The van der Waals surface area contributed by atoms with Crippen LogP contribution < -0.4 is 0 Å². The van der Waals surface area contributed by atoms with Gasteiger partial charge in [0.2, 0.25) is 0 Å². The minimum Gasteiger partial charge on any atom is -0.379 e. The second kappa shape index (κ2) is 12.6. The highest BCUT2D eigenvalue weighted by atomic mass is 16.5. The summed E-state index contributed by atoms with van der Waals surface area (Å²) in [6, 6.07) is 0. The third-order valence-corrected chi connectivity index (χ3v) is 1.57. The Labute approximate surface area is 85.5 Å². The zero-order valence-electron chi connectivity index (χ0n) is 8.87. The number of unbranched alkanes of at least 4 members (excludes halogenated alkanes) is 1. The van der Waals surface area contributed by atoms with E-state index in [0.29, 0.717) is 26.4 Å². The lowest BCUT2D eigenvalue weighted by Crippen LogP contribution is -2.10. The van der Waals surface area contributed by atoms with E-state index in [1.807, 2.05) is 0 Å². The number of rotatable bonds is 11. The molecule has 0 radical (unpaired) electrons. The molecule has 4 heteroatoms. The van der Waals surface area contributed by atoms with Crippen LogP contribution in [0.5, 0.6) is 0 Å². The Balaban J connectivity index is 2.81. The maximum atomic E-state index is 9.85. The van der Waals surface area contributed by atoms with Crippen LogP contribution in [0.4, 0.5) is 0 Å². The Morgan fingerprint density at radius 1 is 0.929 bits per heavy atom. The summed E-state index contributed by atoms with van der Waals surface area (Å²) in [6.07, 6.45) is 2.98. The van der Waals surface area contributed by atoms with E-state index in [2.05, 4.69) is 6.92 Å². The molecule has 0 N–H and O–H groups in total. The quantitative estimate of drug-likeness (QED) is 0.372. The summed E-state index contributed by atoms with van der Waals surface area (Å²) in [5.74, 6) is 0. The molecule has 0 aromatic rings. The highest BCUT2D eigenvalue weighted by molar-refractivity contribution is 5.50. The van der Waals surface area contributed by atoms with Crippen molar-refractivity contribution in [2.24, 2.45) is 0 Å². The van der Waals surface area contributed by atoms with Gasteiger partial charge in [-0.3, -0.25) is 0 Å². The van der Waals surface area contributed by atoms with Gasteiger partial charge in [0, 0.05) is 6.61 Å². The van der Waals surface area contributed by atoms with Crippen LogP contribution in [0, 0.1) is 0 Å². The van der Waals surface area contributed by atoms with Crippen molar-refractivity contribution in [2.45, 2.75) is 19.8 Å². The normalized spacial score (nSPS) is 10.4. The molecule has 4 nitrogen and oxygen atoms in total. The monoisotopic (exact) mass is 204 g/mol. The van der Waals surface area contributed by atoms with Crippen molar-refractivity contribution >= 4 is 6.29 Å². The van der Waals surface area contributed by atoms with Gasteiger partial charge in [-0.2, -0.15) is 0 Å². The first-order valence-electron chi connectivity index (χ1n) is 5.08. The van der Waals surface area contributed by atoms with Crippen molar-refractivity contribution in [3.05, 3.63) is 0 Å². The summed E-state index contributed by atoms with van der Waals surface area (Å²) < 4.78 is 15.4. The lowest BCUT2D eigenvalue weighted by molar-refractivity contribution is -0.112. The molecular formula is C10H20O4. The van der Waals surface area contributed by atoms with Gasteiger partial charge in [0.05, 0.1) is 26.4 Å². The fraction of sp³-hybridized carbons (Fsp3) is 0.900. The van der Waals surface area contributed by atoms with E-state index < -0.39 is 0 Å². The molecule has 0 saturated heterocycles. The minimum atomic E-state index is 0.149. The van der Waals surface area contributed by atoms with Crippen LogP contribution in [0.3, 0.4) is 0 Å². The first-order valence-corrected chi connectivity index (χ1v) is 5.08. The van der Waals surface area contributed by atoms with Gasteiger partial charge in [-0.05, 0) is 6.42 Å². The molecule has 0 aliphatic heterocycles. The molecule has 0 aliphatic rings. The highest BCUT2D eigenvalue weighted by Crippen LogP contribution is 1.87. The van der Waals surface area contributed by atoms with E-state index in [1.54, 1.807) is 0 Å². The van der Waals surface area contributed by atoms with Gasteiger partial charge in [-0.15, -0.1) is 0 Å². The van der Waals surface area contributed by atoms with E-state index in [0.717, 1.165) is 25.7 Å². The van der Waals surface area contributed by atoms with Crippen LogP contribution in [0.25, 0.3) is 0 Å². The third kappa shape index (κ3) is 11.6. The number of hydrogen-bond donors (Lipinski definition) is 0. The van der Waals surface area contributed by atoms with Crippen molar-refractivity contribution in [3.63, 3.8) is 0 Å². The largest absolute Gasteiger partial charge is 0.379 e. The Bertz CT molecular complexity index is 117. The summed E-state index contributed by atoms with van der Waals surface area (Å²) in [7, 11) is 0. The van der Waals surface area contributed by atoms with Crippen LogP contribution >= 0.6 is 0 Å². The van der Waals surface area contributed by atoms with Gasteiger partial charge < -0.3 is 19.0 Å². The molecule has 0 aliphatic carbocycles. The molecule has 0 spiro atoms. The molecule has 84 valence electrons. The Morgan fingerprint density at radius 2 is 1.50 bits per heavy atom. The summed E-state index contributed by atoms with van der Waals surface area (Å²) in [4.78, 5) is 9.85. The van der Waals surface area contributed by atoms with Gasteiger partial charge in [-0.25, -0.2) is 0 Å². The molecule has 0 rings (SSSR count). The Hall–Kier alpha value is -0.450. The maximum absolute atomic E-state index is 9.85. The van der Waals surface area contributed by atoms with Crippen molar-refractivity contribution in [3.8, 4) is 0 Å². The predicted molar refractivity (Wildman–Crippen MR) is 53.4 cm³/mol. The summed E-state index contributed by atoms with van der Waals surface area (Å²) >= 11 is 0. The molecule has 0 unspecified atom stereocenters. The zero-order chi connectivity index (χ0) is 10.5. The van der Waals surface area contributed by atoms with Gasteiger partial charge in [0.1, 0.15) is 12.9 Å². The summed E-state index contributed by atoms with van der Waals surface area (Å²) in [6.45, 7) is 5.29. The van der Waals surface area contributed by atoms with Crippen LogP contribution in [0.15, 0.2) is 0 Å². The van der Waals surface area contributed by atoms with E-state index in [-0.39, 0.29) is 6.61 Å². The van der Waals surface area contributed by atoms with Crippen LogP contribution in [0.1, 0.15) is 19.8 Å². The number of hydrogen-bond acceptors (Lipinski definition) is 4. The number of aldehydes is 1. The first-order chi connectivity index (χ1) is 6.91. The summed E-state index contributed by atoms with van der Waals surface area (Å²) in [5, 5.41) is 0. The number of carbonyl (C=O) groups is 1. The molecule has 0 bridgehead atoms. The fourth-order valence-electron chi connectivity index (χ4n) is 0.818. The molecule has 14 heavy (non-hydrogen) atoms. The first kappa shape index (κ1) is 13.5. The smallest absolute Gasteiger partial charge is 0.145 e. The SMILES string of the molecule is CCCCOCCOCCOCC=O. The van der Waals surface area contributed by atoms with Crippen molar-refractivity contribution < 1.29 is 19.0 Å². The van der Waals surface area contributed by atoms with Crippen molar-refractivity contribution in [1.82, 2.24) is 0 Å². The molecule has 0 saturated carbocycles. The van der Waals surface area contributed by atoms with Crippen LogP contribution in [0.2, 0.25) is 0 Å². The predicted octanol–water partition coefficient (Wildman–Crippen LogP) is 1.04. The molecule has 0 heterocycles. The molecule has 0 amide bonds. The average molecular weight is 204 g/mol. The van der Waals surface area contributed by atoms with Gasteiger partial charge in [0.25, 0.3) is 0 Å². The van der Waals surface area contributed by atoms with E-state index in [9.17, 15) is 4.79 Å². The Kier molecular flexibility index (Phi) is 12.1. The fourth-order valence-corrected chi connectivity index (χ4v) is 0.818. The lowest BCUT2D eigenvalue weighted by atomic mass is 10.4. The second-order valence-corrected chi connectivity index (χ2v) is 2.82. The summed E-state index contributed by atoms with van der Waals surface area (Å²) in [5.41, 5.74) is 0. The number of carbonyl (C=O) groups excluding carboxylic acids is 1. The van der Waals surface area contributed by atoms with Crippen molar-refractivity contribution in [2.75, 3.05) is 39.6 Å². The molecule has 0 aromatic heterocycles. The van der Waals surface area contributed by atoms with E-state index >= 15 is 0 Å². The minimum absolute atomic E-state index is 0.149. The third-order valence-electron chi connectivity index (χ3n) is 1.57. The number of ether oxygens (including phenoxy) is 3. The van der Waals surface area contributed by atoms with Crippen LogP contribution in [-0.4, -0.2) is 45.9 Å². The highest BCUT2D eigenvalue weighted by Gasteiger charge is 1.90.